The Morgan fingerprint density at radius 1 is 1.00 bits per heavy atom. The number of hydrogen-bond donors (Lipinski definition) is 4. The zero-order valence-electron chi connectivity index (χ0n) is 16.1. The quantitative estimate of drug-likeness (QED) is 0.597. The smallest absolute Gasteiger partial charge is 0.133 e. The van der Waals surface area contributed by atoms with E-state index in [1.165, 1.54) is 0 Å². The zero-order valence-corrected chi connectivity index (χ0v) is 16.1. The fraction of sp³-hybridized carbons (Fsp3) is 0.952. The summed E-state index contributed by atoms with van der Waals surface area (Å²) in [5.74, 6) is 0.134. The number of carbonyl (C=O) groups is 1. The first-order valence-electron chi connectivity index (χ1n) is 10.4. The van der Waals surface area contributed by atoms with Crippen molar-refractivity contribution in [3.63, 3.8) is 0 Å². The maximum absolute atomic E-state index is 12.2. The second-order valence-electron chi connectivity index (χ2n) is 10.1. The molecule has 0 aromatic heterocycles. The van der Waals surface area contributed by atoms with Crippen LogP contribution in [-0.4, -0.2) is 50.1 Å². The summed E-state index contributed by atoms with van der Waals surface area (Å²) < 4.78 is 0. The minimum absolute atomic E-state index is 0.00766. The number of ketones is 1. The van der Waals surface area contributed by atoms with Crippen molar-refractivity contribution < 1.29 is 25.2 Å². The van der Waals surface area contributed by atoms with Gasteiger partial charge in [0.25, 0.3) is 0 Å². The highest BCUT2D eigenvalue weighted by molar-refractivity contribution is 5.80. The monoisotopic (exact) mass is 366 g/mol. The normalized spacial score (nSPS) is 56.4. The number of aliphatic hydroxyl groups excluding tert-OH is 2. The Hall–Kier alpha value is -0.490. The van der Waals surface area contributed by atoms with E-state index in [0.29, 0.717) is 38.5 Å². The topological polar surface area (TPSA) is 98.0 Å². The zero-order chi connectivity index (χ0) is 19.0. The maximum atomic E-state index is 12.2. The predicted octanol–water partition coefficient (Wildman–Crippen LogP) is 1.80. The Morgan fingerprint density at radius 3 is 2.35 bits per heavy atom. The average Bonchev–Trinajstić information content (AvgIpc) is 2.85. The van der Waals surface area contributed by atoms with Gasteiger partial charge < -0.3 is 20.4 Å². The molecule has 0 aliphatic heterocycles. The van der Waals surface area contributed by atoms with E-state index >= 15 is 0 Å². The number of fused-ring (bicyclic) bond motifs is 5. The van der Waals surface area contributed by atoms with Crippen LogP contribution in [0.25, 0.3) is 0 Å². The first-order valence-corrected chi connectivity index (χ1v) is 10.4. The van der Waals surface area contributed by atoms with Crippen LogP contribution in [0.5, 0.6) is 0 Å². The molecule has 148 valence electrons. The van der Waals surface area contributed by atoms with E-state index in [1.807, 2.05) is 0 Å². The van der Waals surface area contributed by atoms with Crippen LogP contribution in [0.4, 0.5) is 0 Å². The number of aliphatic hydroxyl groups is 4. The van der Waals surface area contributed by atoms with Crippen LogP contribution in [0.1, 0.15) is 71.6 Å². The molecule has 0 bridgehead atoms. The molecule has 8 atom stereocenters. The SMILES string of the molecule is CC(=O)[C@@H]1CC[C@]2(O)[C@H]3CC[C@@]4(O)C[C@H](O)CC[C@]4(CO)[C@@H]3CC[C@]12C. The van der Waals surface area contributed by atoms with Crippen molar-refractivity contribution in [3.05, 3.63) is 0 Å². The Labute approximate surface area is 155 Å². The van der Waals surface area contributed by atoms with Crippen LogP contribution in [-0.2, 0) is 4.79 Å². The predicted molar refractivity (Wildman–Crippen MR) is 96.2 cm³/mol. The molecule has 4 rings (SSSR count). The van der Waals surface area contributed by atoms with Gasteiger partial charge in [-0.2, -0.15) is 0 Å². The summed E-state index contributed by atoms with van der Waals surface area (Å²) >= 11 is 0. The van der Waals surface area contributed by atoms with E-state index in [1.54, 1.807) is 6.92 Å². The Kier molecular flexibility index (Phi) is 4.17. The van der Waals surface area contributed by atoms with Crippen LogP contribution in [0.15, 0.2) is 0 Å². The van der Waals surface area contributed by atoms with Crippen LogP contribution >= 0.6 is 0 Å². The molecule has 4 aliphatic rings. The fourth-order valence-electron chi connectivity index (χ4n) is 7.98. The van der Waals surface area contributed by atoms with E-state index < -0.39 is 28.1 Å². The van der Waals surface area contributed by atoms with Gasteiger partial charge in [0.2, 0.25) is 0 Å². The molecule has 0 radical (unpaired) electrons. The molecule has 0 amide bonds. The molecule has 0 spiro atoms. The van der Waals surface area contributed by atoms with E-state index in [0.717, 1.165) is 19.3 Å². The van der Waals surface area contributed by atoms with Gasteiger partial charge in [-0.25, -0.2) is 0 Å². The summed E-state index contributed by atoms with van der Waals surface area (Å²) in [4.78, 5) is 12.2. The van der Waals surface area contributed by atoms with Crippen molar-refractivity contribution >= 4 is 5.78 Å². The maximum Gasteiger partial charge on any atom is 0.133 e. The number of Topliss-reactive ketones (excluding diaryl/α,β-unsaturated/α-hetero) is 1. The third kappa shape index (κ3) is 2.09. The van der Waals surface area contributed by atoms with Gasteiger partial charge in [0.05, 0.1) is 23.9 Å². The molecule has 5 heteroatoms. The van der Waals surface area contributed by atoms with Gasteiger partial charge in [0, 0.05) is 23.2 Å². The van der Waals surface area contributed by atoms with E-state index in [4.69, 9.17) is 0 Å². The number of rotatable bonds is 2. The largest absolute Gasteiger partial charge is 0.396 e. The molecular weight excluding hydrogens is 332 g/mol. The van der Waals surface area contributed by atoms with Crippen molar-refractivity contribution in [1.82, 2.24) is 0 Å². The standard InChI is InChI=1S/C21H34O5/c1-13(23)15-6-10-21(26)17-5-9-20(25)11-14(24)3-8-19(20,12-22)16(17)4-7-18(15,21)2/h14-17,22,24-26H,3-12H2,1-2H3/t14-,15+,16-,17+,18-,19+,20-,21+/m1/s1. The summed E-state index contributed by atoms with van der Waals surface area (Å²) in [6.07, 6.45) is 5.17. The van der Waals surface area contributed by atoms with Crippen molar-refractivity contribution in [3.8, 4) is 0 Å². The van der Waals surface area contributed by atoms with Gasteiger partial charge >= 0.3 is 0 Å². The first kappa shape index (κ1) is 18.9. The van der Waals surface area contributed by atoms with Crippen molar-refractivity contribution in [2.24, 2.45) is 28.6 Å². The lowest BCUT2D eigenvalue weighted by atomic mass is 9.41. The highest BCUT2D eigenvalue weighted by Crippen LogP contribution is 2.69. The van der Waals surface area contributed by atoms with Crippen LogP contribution in [0.3, 0.4) is 0 Å². The average molecular weight is 366 g/mol. The van der Waals surface area contributed by atoms with Gasteiger partial charge in [0.15, 0.2) is 0 Å². The lowest BCUT2D eigenvalue weighted by molar-refractivity contribution is -0.269. The molecule has 26 heavy (non-hydrogen) atoms. The molecule has 0 aromatic rings. The fourth-order valence-corrected chi connectivity index (χ4v) is 7.98. The highest BCUT2D eigenvalue weighted by Gasteiger charge is 2.71. The van der Waals surface area contributed by atoms with Crippen LogP contribution in [0, 0.1) is 28.6 Å². The second-order valence-corrected chi connectivity index (χ2v) is 10.1. The van der Waals surface area contributed by atoms with Gasteiger partial charge in [-0.3, -0.25) is 4.79 Å². The minimum Gasteiger partial charge on any atom is -0.396 e. The Morgan fingerprint density at radius 2 is 1.69 bits per heavy atom. The first-order chi connectivity index (χ1) is 12.1. The molecule has 4 saturated carbocycles. The van der Waals surface area contributed by atoms with E-state index in [9.17, 15) is 25.2 Å². The summed E-state index contributed by atoms with van der Waals surface area (Å²) in [7, 11) is 0. The molecule has 4 aliphatic carbocycles. The van der Waals surface area contributed by atoms with E-state index in [2.05, 4.69) is 6.92 Å². The Balaban J connectivity index is 1.74. The van der Waals surface area contributed by atoms with E-state index in [-0.39, 0.29) is 30.1 Å². The molecule has 0 saturated heterocycles. The lowest BCUT2D eigenvalue weighted by Gasteiger charge is -2.66. The van der Waals surface area contributed by atoms with Crippen molar-refractivity contribution in [2.75, 3.05) is 6.61 Å². The molecule has 0 heterocycles. The summed E-state index contributed by atoms with van der Waals surface area (Å²) in [6, 6.07) is 0. The van der Waals surface area contributed by atoms with Crippen molar-refractivity contribution in [2.45, 2.75) is 88.9 Å². The summed E-state index contributed by atoms with van der Waals surface area (Å²) in [5.41, 5.74) is -2.99. The molecule has 0 unspecified atom stereocenters. The van der Waals surface area contributed by atoms with Gasteiger partial charge in [0.1, 0.15) is 5.78 Å². The molecule has 5 nitrogen and oxygen atoms in total. The lowest BCUT2D eigenvalue weighted by Crippen LogP contribution is -2.69. The highest BCUT2D eigenvalue weighted by atomic mass is 16.3. The minimum atomic E-state index is -1.05. The number of hydrogen-bond acceptors (Lipinski definition) is 5. The molecule has 0 aromatic carbocycles. The third-order valence-electron chi connectivity index (χ3n) is 9.42. The molecule has 4 fully saturated rings. The molecular formula is C21H34O5. The number of carbonyl (C=O) groups excluding carboxylic acids is 1. The Bertz CT molecular complexity index is 607. The van der Waals surface area contributed by atoms with Crippen LogP contribution < -0.4 is 0 Å². The van der Waals surface area contributed by atoms with Crippen LogP contribution in [0.2, 0.25) is 0 Å². The summed E-state index contributed by atoms with van der Waals surface area (Å²) in [6.45, 7) is 3.63. The summed E-state index contributed by atoms with van der Waals surface area (Å²) in [5, 5.41) is 43.8. The van der Waals surface area contributed by atoms with Gasteiger partial charge in [-0.15, -0.1) is 0 Å². The van der Waals surface area contributed by atoms with Gasteiger partial charge in [-0.1, -0.05) is 6.92 Å². The molecule has 4 N–H and O–H groups in total. The van der Waals surface area contributed by atoms with Gasteiger partial charge in [-0.05, 0) is 70.1 Å². The van der Waals surface area contributed by atoms with Crippen molar-refractivity contribution in [1.29, 1.82) is 0 Å². The third-order valence-corrected chi connectivity index (χ3v) is 9.42. The second kappa shape index (κ2) is 5.76.